The second kappa shape index (κ2) is 5.92. The van der Waals surface area contributed by atoms with Crippen LogP contribution < -0.4 is 11.3 Å². The molecular formula is C16H11ClF3N3O. The Morgan fingerprint density at radius 2 is 1.67 bits per heavy atom. The molecule has 1 aromatic heterocycles. The zero-order chi connectivity index (χ0) is 17.6. The zero-order valence-corrected chi connectivity index (χ0v) is 13.1. The number of fused-ring (bicyclic) bond motifs is 1. The maximum absolute atomic E-state index is 13.6. The van der Waals surface area contributed by atoms with E-state index in [1.54, 1.807) is 6.92 Å². The number of hydrogen-bond donors (Lipinski definition) is 1. The lowest BCUT2D eigenvalue weighted by Gasteiger charge is -2.16. The van der Waals surface area contributed by atoms with Crippen LogP contribution in [0.2, 0.25) is 5.02 Å². The molecule has 8 heteroatoms. The van der Waals surface area contributed by atoms with Crippen LogP contribution in [0.15, 0.2) is 35.1 Å². The summed E-state index contributed by atoms with van der Waals surface area (Å²) in [5.74, 6) is -2.42. The Morgan fingerprint density at radius 3 is 2.25 bits per heavy atom. The van der Waals surface area contributed by atoms with E-state index < -0.39 is 29.1 Å². The number of rotatable bonds is 2. The number of nitrogens with zero attached hydrogens (tertiary/aromatic N) is 2. The second-order valence-corrected chi connectivity index (χ2v) is 5.72. The molecule has 0 saturated heterocycles. The quantitative estimate of drug-likeness (QED) is 0.767. The highest BCUT2D eigenvalue weighted by molar-refractivity contribution is 6.35. The summed E-state index contributed by atoms with van der Waals surface area (Å²) < 4.78 is 41.6. The van der Waals surface area contributed by atoms with E-state index in [1.165, 1.54) is 0 Å². The van der Waals surface area contributed by atoms with Crippen molar-refractivity contribution in [2.45, 2.75) is 13.0 Å². The molecule has 0 saturated carbocycles. The third kappa shape index (κ3) is 2.76. The number of nitrogens with two attached hydrogens (primary N) is 1. The summed E-state index contributed by atoms with van der Waals surface area (Å²) in [5.41, 5.74) is 5.09. The van der Waals surface area contributed by atoms with E-state index in [0.29, 0.717) is 6.07 Å². The van der Waals surface area contributed by atoms with Crippen molar-refractivity contribution in [3.05, 3.63) is 69.0 Å². The summed E-state index contributed by atoms with van der Waals surface area (Å²) in [4.78, 5) is 17.0. The van der Waals surface area contributed by atoms with E-state index in [-0.39, 0.29) is 27.4 Å². The van der Waals surface area contributed by atoms with Crippen LogP contribution in [0.3, 0.4) is 0 Å². The van der Waals surface area contributed by atoms with Gasteiger partial charge in [-0.25, -0.2) is 18.2 Å². The number of aromatic nitrogens is 2. The fourth-order valence-corrected chi connectivity index (χ4v) is 2.70. The summed E-state index contributed by atoms with van der Waals surface area (Å²) in [7, 11) is 0. The van der Waals surface area contributed by atoms with Gasteiger partial charge in [0.05, 0.1) is 27.7 Å². The fraction of sp³-hybridized carbons (Fsp3) is 0.125. The smallest absolute Gasteiger partial charge is 0.266 e. The van der Waals surface area contributed by atoms with Crippen LogP contribution >= 0.6 is 11.6 Å². The zero-order valence-electron chi connectivity index (χ0n) is 12.4. The summed E-state index contributed by atoms with van der Waals surface area (Å²) in [5, 5.41) is -0.171. The highest BCUT2D eigenvalue weighted by Gasteiger charge is 2.19. The minimum Gasteiger partial charge on any atom is -0.322 e. The number of hydrogen-bond acceptors (Lipinski definition) is 3. The van der Waals surface area contributed by atoms with Crippen LogP contribution in [0.1, 0.15) is 18.8 Å². The van der Waals surface area contributed by atoms with Crippen molar-refractivity contribution < 1.29 is 13.2 Å². The van der Waals surface area contributed by atoms with Crippen molar-refractivity contribution >= 4 is 22.5 Å². The third-order valence-electron chi connectivity index (χ3n) is 3.43. The Kier molecular flexibility index (Phi) is 4.06. The monoisotopic (exact) mass is 353 g/mol. The Balaban J connectivity index is 2.48. The van der Waals surface area contributed by atoms with Gasteiger partial charge in [0.25, 0.3) is 5.56 Å². The van der Waals surface area contributed by atoms with Crippen molar-refractivity contribution in [3.8, 4) is 5.69 Å². The molecule has 3 aromatic rings. The van der Waals surface area contributed by atoms with Gasteiger partial charge in [-0.2, -0.15) is 0 Å². The third-order valence-corrected chi connectivity index (χ3v) is 3.72. The Morgan fingerprint density at radius 1 is 1.08 bits per heavy atom. The molecule has 4 nitrogen and oxygen atoms in total. The first-order valence-corrected chi connectivity index (χ1v) is 7.29. The molecule has 124 valence electrons. The molecule has 0 amide bonds. The average molecular weight is 354 g/mol. The largest absolute Gasteiger partial charge is 0.322 e. The van der Waals surface area contributed by atoms with Gasteiger partial charge in [0.15, 0.2) is 0 Å². The van der Waals surface area contributed by atoms with Gasteiger partial charge in [-0.15, -0.1) is 0 Å². The molecule has 0 aliphatic heterocycles. The van der Waals surface area contributed by atoms with Crippen molar-refractivity contribution in [1.82, 2.24) is 9.55 Å². The lowest BCUT2D eigenvalue weighted by molar-refractivity contribution is 0.579. The van der Waals surface area contributed by atoms with E-state index in [9.17, 15) is 18.0 Å². The molecule has 0 bridgehead atoms. The van der Waals surface area contributed by atoms with Gasteiger partial charge in [0.2, 0.25) is 0 Å². The van der Waals surface area contributed by atoms with E-state index in [1.807, 2.05) is 0 Å². The van der Waals surface area contributed by atoms with Gasteiger partial charge in [-0.1, -0.05) is 11.6 Å². The topological polar surface area (TPSA) is 60.9 Å². The normalized spacial score (nSPS) is 12.6. The second-order valence-electron chi connectivity index (χ2n) is 5.31. The summed E-state index contributed by atoms with van der Waals surface area (Å²) in [6.45, 7) is 1.55. The van der Waals surface area contributed by atoms with Crippen LogP contribution in [0.4, 0.5) is 13.2 Å². The number of benzene rings is 2. The van der Waals surface area contributed by atoms with Crippen LogP contribution in [-0.4, -0.2) is 9.55 Å². The van der Waals surface area contributed by atoms with E-state index in [4.69, 9.17) is 17.3 Å². The molecule has 2 N–H and O–H groups in total. The van der Waals surface area contributed by atoms with Crippen molar-refractivity contribution in [2.24, 2.45) is 5.73 Å². The first-order valence-electron chi connectivity index (χ1n) is 6.91. The van der Waals surface area contributed by atoms with Crippen LogP contribution in [0, 0.1) is 17.5 Å². The highest BCUT2D eigenvalue weighted by Crippen LogP contribution is 2.24. The molecule has 3 rings (SSSR count). The maximum Gasteiger partial charge on any atom is 0.266 e. The van der Waals surface area contributed by atoms with Gasteiger partial charge >= 0.3 is 0 Å². The van der Waals surface area contributed by atoms with Crippen LogP contribution in [0.25, 0.3) is 16.6 Å². The Bertz CT molecular complexity index is 997. The minimum absolute atomic E-state index is 0.0472. The summed E-state index contributed by atoms with van der Waals surface area (Å²) >= 11 is 5.95. The van der Waals surface area contributed by atoms with Gasteiger partial charge in [0.1, 0.15) is 23.3 Å². The first kappa shape index (κ1) is 16.5. The molecule has 0 aliphatic rings. The van der Waals surface area contributed by atoms with Crippen molar-refractivity contribution in [2.75, 3.05) is 0 Å². The van der Waals surface area contributed by atoms with Gasteiger partial charge in [0, 0.05) is 6.07 Å². The molecule has 0 fully saturated rings. The maximum atomic E-state index is 13.6. The molecule has 0 spiro atoms. The molecular weight excluding hydrogens is 343 g/mol. The van der Waals surface area contributed by atoms with E-state index in [0.717, 1.165) is 28.8 Å². The van der Waals surface area contributed by atoms with Gasteiger partial charge in [-0.05, 0) is 31.2 Å². The predicted molar refractivity (Wildman–Crippen MR) is 84.8 cm³/mol. The fourth-order valence-electron chi connectivity index (χ4n) is 2.46. The molecule has 1 atom stereocenters. The lowest BCUT2D eigenvalue weighted by Crippen LogP contribution is -2.27. The van der Waals surface area contributed by atoms with Gasteiger partial charge < -0.3 is 5.73 Å². The molecule has 0 radical (unpaired) electrons. The van der Waals surface area contributed by atoms with E-state index in [2.05, 4.69) is 4.98 Å². The van der Waals surface area contributed by atoms with Crippen LogP contribution in [0.5, 0.6) is 0 Å². The minimum atomic E-state index is -0.870. The lowest BCUT2D eigenvalue weighted by atomic mass is 10.2. The van der Waals surface area contributed by atoms with Crippen LogP contribution in [-0.2, 0) is 0 Å². The molecule has 0 aliphatic carbocycles. The standard InChI is InChI=1S/C16H11ClF3N3O/c1-7(21)15-22-14-12(5-10(20)6-13(14)17)16(24)23(15)11-3-8(18)2-9(19)4-11/h2-7H,21H2,1H3. The average Bonchev–Trinajstić information content (AvgIpc) is 2.46. The molecule has 1 unspecified atom stereocenters. The Labute approximate surface area is 139 Å². The molecule has 24 heavy (non-hydrogen) atoms. The van der Waals surface area contributed by atoms with Gasteiger partial charge in [-0.3, -0.25) is 9.36 Å². The first-order chi connectivity index (χ1) is 11.3. The summed E-state index contributed by atoms with van der Waals surface area (Å²) in [6.07, 6.45) is 0. The Hall–Kier alpha value is -2.38. The predicted octanol–water partition coefficient (Wildman–Crippen LogP) is 3.48. The highest BCUT2D eigenvalue weighted by atomic mass is 35.5. The molecule has 2 aromatic carbocycles. The molecule has 1 heterocycles. The van der Waals surface area contributed by atoms with Crippen molar-refractivity contribution in [1.29, 1.82) is 0 Å². The SMILES string of the molecule is CC(N)c1nc2c(Cl)cc(F)cc2c(=O)n1-c1cc(F)cc(F)c1. The van der Waals surface area contributed by atoms with Crippen molar-refractivity contribution in [3.63, 3.8) is 0 Å². The van der Waals surface area contributed by atoms with E-state index >= 15 is 0 Å². The number of halogens is 4. The summed E-state index contributed by atoms with van der Waals surface area (Å²) in [6, 6.07) is 3.84.